The molecule has 1 amide bonds. The molecule has 0 unspecified atom stereocenters. The van der Waals surface area contributed by atoms with Crippen molar-refractivity contribution in [3.63, 3.8) is 0 Å². The van der Waals surface area contributed by atoms with E-state index in [1.807, 2.05) is 28.8 Å². The van der Waals surface area contributed by atoms with E-state index in [9.17, 15) is 4.79 Å². The quantitative estimate of drug-likeness (QED) is 0.839. The summed E-state index contributed by atoms with van der Waals surface area (Å²) in [5, 5.41) is 0. The highest BCUT2D eigenvalue weighted by Crippen LogP contribution is 2.46. The van der Waals surface area contributed by atoms with Crippen LogP contribution in [0.1, 0.15) is 32.6 Å². The van der Waals surface area contributed by atoms with E-state index < -0.39 is 0 Å². The normalized spacial score (nSPS) is 23.1. The van der Waals surface area contributed by atoms with Crippen molar-refractivity contribution in [3.05, 3.63) is 24.5 Å². The molecule has 0 N–H and O–H groups in total. The third-order valence-electron chi connectivity index (χ3n) is 4.17. The number of pyridine rings is 1. The van der Waals surface area contributed by atoms with Crippen molar-refractivity contribution >= 4 is 17.7 Å². The molecule has 3 rings (SSSR count). The summed E-state index contributed by atoms with van der Waals surface area (Å²) in [5.74, 6) is 2.17. The van der Waals surface area contributed by atoms with Crippen LogP contribution in [0.5, 0.6) is 5.75 Å². The van der Waals surface area contributed by atoms with E-state index in [0.29, 0.717) is 12.3 Å². The number of carbonyl (C=O) groups is 1. The molecule has 1 aromatic rings. The minimum absolute atomic E-state index is 0.243. The number of unbranched alkanes of at least 4 members (excludes halogenated alkanes) is 1. The largest absolute Gasteiger partial charge is 0.488 e. The van der Waals surface area contributed by atoms with Gasteiger partial charge in [0.1, 0.15) is 11.9 Å². The number of amides is 1. The Labute approximate surface area is 130 Å². The van der Waals surface area contributed by atoms with Crippen LogP contribution in [0.3, 0.4) is 0 Å². The van der Waals surface area contributed by atoms with Crippen LogP contribution in [0.25, 0.3) is 0 Å². The first-order chi connectivity index (χ1) is 10.2. The van der Waals surface area contributed by atoms with Gasteiger partial charge in [0.15, 0.2) is 0 Å². The fourth-order valence-corrected chi connectivity index (χ4v) is 4.54. The van der Waals surface area contributed by atoms with Crippen molar-refractivity contribution in [1.82, 2.24) is 9.88 Å². The predicted molar refractivity (Wildman–Crippen MR) is 84.6 cm³/mol. The number of aromatic nitrogens is 1. The maximum Gasteiger partial charge on any atom is 0.222 e. The van der Waals surface area contributed by atoms with Gasteiger partial charge in [-0.25, -0.2) is 0 Å². The van der Waals surface area contributed by atoms with Crippen LogP contribution in [-0.2, 0) is 4.79 Å². The first-order valence-corrected chi connectivity index (χ1v) is 8.68. The molecule has 3 heterocycles. The molecule has 0 radical (unpaired) electrons. The van der Waals surface area contributed by atoms with E-state index in [1.54, 1.807) is 12.4 Å². The molecule has 2 saturated heterocycles. The molecule has 0 bridgehead atoms. The van der Waals surface area contributed by atoms with E-state index in [4.69, 9.17) is 4.74 Å². The number of ether oxygens (including phenoxy) is 1. The second kappa shape index (κ2) is 6.26. The molecular formula is C16H22N2O2S. The number of nitrogens with zero attached hydrogens (tertiary/aromatic N) is 2. The second-order valence-corrected chi connectivity index (χ2v) is 7.47. The van der Waals surface area contributed by atoms with Gasteiger partial charge >= 0.3 is 0 Å². The number of hydrogen-bond donors (Lipinski definition) is 0. The lowest BCUT2D eigenvalue weighted by Crippen LogP contribution is -2.60. The van der Waals surface area contributed by atoms with Crippen LogP contribution in [0.15, 0.2) is 24.5 Å². The van der Waals surface area contributed by atoms with E-state index >= 15 is 0 Å². The monoisotopic (exact) mass is 306 g/mol. The van der Waals surface area contributed by atoms with Crippen LogP contribution in [-0.4, -0.2) is 45.5 Å². The van der Waals surface area contributed by atoms with Crippen molar-refractivity contribution in [3.8, 4) is 5.75 Å². The van der Waals surface area contributed by atoms with Crippen molar-refractivity contribution in [1.29, 1.82) is 0 Å². The molecule has 1 aromatic heterocycles. The Morgan fingerprint density at radius 1 is 1.57 bits per heavy atom. The molecule has 0 saturated carbocycles. The van der Waals surface area contributed by atoms with Crippen molar-refractivity contribution < 1.29 is 9.53 Å². The standard InChI is InChI=1S/C16H22N2O2S/c1-2-3-6-15(19)18-11-16(12-18)8-14(10-21-16)20-13-5-4-7-17-9-13/h4-5,7,9,14H,2-3,6,8,10-12H2,1H3/t14-/m1/s1. The minimum Gasteiger partial charge on any atom is -0.488 e. The summed E-state index contributed by atoms with van der Waals surface area (Å²) in [6, 6.07) is 3.84. The van der Waals surface area contributed by atoms with Gasteiger partial charge in [-0.2, -0.15) is 0 Å². The highest BCUT2D eigenvalue weighted by Gasteiger charge is 2.51. The molecule has 2 fully saturated rings. The Bertz CT molecular complexity index is 488. The Hall–Kier alpha value is -1.23. The highest BCUT2D eigenvalue weighted by atomic mass is 32.2. The zero-order chi connectivity index (χ0) is 14.7. The summed E-state index contributed by atoms with van der Waals surface area (Å²) in [6.07, 6.45) is 7.58. The number of carbonyl (C=O) groups excluding carboxylic acids is 1. The Morgan fingerprint density at radius 2 is 2.43 bits per heavy atom. The third-order valence-corrected chi connectivity index (χ3v) is 5.74. The van der Waals surface area contributed by atoms with E-state index in [1.165, 1.54) is 0 Å². The Morgan fingerprint density at radius 3 is 3.14 bits per heavy atom. The molecule has 1 spiro atoms. The summed E-state index contributed by atoms with van der Waals surface area (Å²) >= 11 is 1.96. The van der Waals surface area contributed by atoms with Gasteiger partial charge in [-0.15, -0.1) is 11.8 Å². The number of thioether (sulfide) groups is 1. The lowest BCUT2D eigenvalue weighted by molar-refractivity contribution is -0.136. The predicted octanol–water partition coefficient (Wildman–Crippen LogP) is 2.74. The first kappa shape index (κ1) is 14.7. The minimum atomic E-state index is 0.243. The van der Waals surface area contributed by atoms with Gasteiger partial charge in [0, 0.05) is 37.9 Å². The molecule has 2 aliphatic heterocycles. The molecule has 0 aromatic carbocycles. The second-order valence-electron chi connectivity index (χ2n) is 5.98. The zero-order valence-electron chi connectivity index (χ0n) is 12.5. The Balaban J connectivity index is 1.47. The SMILES string of the molecule is CCCCC(=O)N1CC2(C[C@@H](Oc3cccnc3)CS2)C1. The number of rotatable bonds is 5. The van der Waals surface area contributed by atoms with Crippen LogP contribution in [0, 0.1) is 0 Å². The van der Waals surface area contributed by atoms with Gasteiger partial charge < -0.3 is 9.64 Å². The molecule has 4 nitrogen and oxygen atoms in total. The topological polar surface area (TPSA) is 42.4 Å². The van der Waals surface area contributed by atoms with Gasteiger partial charge in [-0.3, -0.25) is 9.78 Å². The van der Waals surface area contributed by atoms with E-state index in [0.717, 1.165) is 43.9 Å². The molecule has 2 aliphatic rings. The molecule has 0 aliphatic carbocycles. The lowest BCUT2D eigenvalue weighted by Gasteiger charge is -2.47. The fourth-order valence-electron chi connectivity index (χ4n) is 3.02. The van der Waals surface area contributed by atoms with Crippen LogP contribution in [0.4, 0.5) is 0 Å². The highest BCUT2D eigenvalue weighted by molar-refractivity contribution is 8.01. The average molecular weight is 306 g/mol. The zero-order valence-corrected chi connectivity index (χ0v) is 13.3. The number of hydrogen-bond acceptors (Lipinski definition) is 4. The summed E-state index contributed by atoms with van der Waals surface area (Å²) in [6.45, 7) is 3.91. The lowest BCUT2D eigenvalue weighted by atomic mass is 9.92. The Kier molecular flexibility index (Phi) is 4.38. The van der Waals surface area contributed by atoms with Crippen molar-refractivity contribution in [2.75, 3.05) is 18.8 Å². The van der Waals surface area contributed by atoms with Gasteiger partial charge in [-0.05, 0) is 18.6 Å². The third kappa shape index (κ3) is 3.34. The van der Waals surface area contributed by atoms with Crippen LogP contribution >= 0.6 is 11.8 Å². The smallest absolute Gasteiger partial charge is 0.222 e. The summed E-state index contributed by atoms with van der Waals surface area (Å²) in [4.78, 5) is 18.1. The molecule has 114 valence electrons. The summed E-state index contributed by atoms with van der Waals surface area (Å²) < 4.78 is 6.23. The van der Waals surface area contributed by atoms with Gasteiger partial charge in [0.05, 0.1) is 10.9 Å². The van der Waals surface area contributed by atoms with Crippen molar-refractivity contribution in [2.45, 2.75) is 43.5 Å². The van der Waals surface area contributed by atoms with Crippen LogP contribution < -0.4 is 4.74 Å². The molecular weight excluding hydrogens is 284 g/mol. The van der Waals surface area contributed by atoms with Crippen molar-refractivity contribution in [2.24, 2.45) is 0 Å². The van der Waals surface area contributed by atoms with E-state index in [-0.39, 0.29) is 10.9 Å². The maximum absolute atomic E-state index is 12.0. The van der Waals surface area contributed by atoms with Gasteiger partial charge in [0.2, 0.25) is 5.91 Å². The summed E-state index contributed by atoms with van der Waals surface area (Å²) in [5.41, 5.74) is 0. The molecule has 5 heteroatoms. The van der Waals surface area contributed by atoms with Gasteiger partial charge in [-0.1, -0.05) is 13.3 Å². The first-order valence-electron chi connectivity index (χ1n) is 7.69. The molecule has 21 heavy (non-hydrogen) atoms. The fraction of sp³-hybridized carbons (Fsp3) is 0.625. The average Bonchev–Trinajstić information content (AvgIpc) is 2.88. The maximum atomic E-state index is 12.0. The van der Waals surface area contributed by atoms with Gasteiger partial charge in [0.25, 0.3) is 0 Å². The summed E-state index contributed by atoms with van der Waals surface area (Å²) in [7, 11) is 0. The van der Waals surface area contributed by atoms with E-state index in [2.05, 4.69) is 11.9 Å². The van der Waals surface area contributed by atoms with Crippen LogP contribution in [0.2, 0.25) is 0 Å². The molecule has 1 atom stereocenters. The number of likely N-dealkylation sites (tertiary alicyclic amines) is 1.